The van der Waals surface area contributed by atoms with Crippen molar-refractivity contribution >= 4 is 23.4 Å². The molecule has 172 valence electrons. The number of nitrogens with two attached hydrogens (primary N) is 1. The van der Waals surface area contributed by atoms with Gasteiger partial charge in [0.05, 0.1) is 20.8 Å². The number of primary amides is 1. The van der Waals surface area contributed by atoms with Crippen LogP contribution in [0.15, 0.2) is 36.4 Å². The van der Waals surface area contributed by atoms with Crippen molar-refractivity contribution in [1.29, 1.82) is 0 Å². The number of hydrogen-bond acceptors (Lipinski definition) is 7. The number of methoxy groups -OCH3 is 2. The number of fused-ring (bicyclic) bond motifs is 1. The molecule has 32 heavy (non-hydrogen) atoms. The molecule has 1 heterocycles. The molecule has 8 heteroatoms. The van der Waals surface area contributed by atoms with E-state index in [9.17, 15) is 9.59 Å². The van der Waals surface area contributed by atoms with Crippen LogP contribution in [0.25, 0.3) is 0 Å². The molecule has 1 aliphatic rings. The molecule has 8 nitrogen and oxygen atoms in total. The normalized spacial score (nSPS) is 15.0. The Morgan fingerprint density at radius 1 is 1.06 bits per heavy atom. The van der Waals surface area contributed by atoms with E-state index in [1.165, 1.54) is 0 Å². The number of rotatable bonds is 9. The summed E-state index contributed by atoms with van der Waals surface area (Å²) in [6.45, 7) is 2.54. The number of amides is 1. The highest BCUT2D eigenvalue weighted by Crippen LogP contribution is 2.43. The van der Waals surface area contributed by atoms with Gasteiger partial charge in [0.2, 0.25) is 0 Å². The van der Waals surface area contributed by atoms with Crippen LogP contribution < -0.4 is 20.1 Å². The van der Waals surface area contributed by atoms with Crippen LogP contribution in [0.1, 0.15) is 37.3 Å². The number of aryl methyl sites for hydroxylation is 1. The lowest BCUT2D eigenvalue weighted by molar-refractivity contribution is -0.145. The first-order valence-electron chi connectivity index (χ1n) is 10.7. The molecular weight excluding hydrogens is 412 g/mol. The van der Waals surface area contributed by atoms with Gasteiger partial charge in [0.25, 0.3) is 0 Å². The SMILES string of the molecule is CCCCOC(=O)C1CCc2cc(OC)c(OC)cc2N1c1ccc(COC(N)=O)cc1. The van der Waals surface area contributed by atoms with Crippen LogP contribution in [0.3, 0.4) is 0 Å². The van der Waals surface area contributed by atoms with Gasteiger partial charge in [-0.3, -0.25) is 0 Å². The van der Waals surface area contributed by atoms with E-state index in [-0.39, 0.29) is 12.6 Å². The summed E-state index contributed by atoms with van der Waals surface area (Å²) in [5.41, 5.74) is 8.58. The van der Waals surface area contributed by atoms with E-state index < -0.39 is 12.1 Å². The maximum atomic E-state index is 13.0. The van der Waals surface area contributed by atoms with Crippen molar-refractivity contribution in [3.8, 4) is 11.5 Å². The summed E-state index contributed by atoms with van der Waals surface area (Å²) in [7, 11) is 3.19. The summed E-state index contributed by atoms with van der Waals surface area (Å²) in [5, 5.41) is 0. The molecule has 2 aromatic rings. The lowest BCUT2D eigenvalue weighted by Crippen LogP contribution is -2.42. The number of carbonyl (C=O) groups is 2. The van der Waals surface area contributed by atoms with E-state index in [0.29, 0.717) is 30.9 Å². The van der Waals surface area contributed by atoms with Crippen molar-refractivity contribution in [2.75, 3.05) is 25.7 Å². The van der Waals surface area contributed by atoms with Crippen molar-refractivity contribution in [1.82, 2.24) is 0 Å². The zero-order valence-corrected chi connectivity index (χ0v) is 18.8. The summed E-state index contributed by atoms with van der Waals surface area (Å²) in [4.78, 5) is 25.9. The molecule has 0 fully saturated rings. The third-order valence-corrected chi connectivity index (χ3v) is 5.45. The van der Waals surface area contributed by atoms with Gasteiger partial charge in [-0.1, -0.05) is 25.5 Å². The van der Waals surface area contributed by atoms with Crippen LogP contribution in [0.4, 0.5) is 16.2 Å². The quantitative estimate of drug-likeness (QED) is 0.461. The maximum Gasteiger partial charge on any atom is 0.404 e. The Morgan fingerprint density at radius 3 is 2.38 bits per heavy atom. The smallest absolute Gasteiger partial charge is 0.404 e. The monoisotopic (exact) mass is 442 g/mol. The van der Waals surface area contributed by atoms with Gasteiger partial charge in [0.15, 0.2) is 11.5 Å². The molecule has 0 bridgehead atoms. The number of ether oxygens (including phenoxy) is 4. The largest absolute Gasteiger partial charge is 0.493 e. The summed E-state index contributed by atoms with van der Waals surface area (Å²) in [6.07, 6.45) is 2.28. The average molecular weight is 443 g/mol. The second-order valence-corrected chi connectivity index (χ2v) is 7.56. The molecule has 3 rings (SSSR count). The molecule has 1 atom stereocenters. The fourth-order valence-electron chi connectivity index (χ4n) is 3.79. The summed E-state index contributed by atoms with van der Waals surface area (Å²) in [6, 6.07) is 10.8. The van der Waals surface area contributed by atoms with Crippen molar-refractivity contribution in [3.63, 3.8) is 0 Å². The third-order valence-electron chi connectivity index (χ3n) is 5.45. The topological polar surface area (TPSA) is 100 Å². The van der Waals surface area contributed by atoms with E-state index >= 15 is 0 Å². The van der Waals surface area contributed by atoms with Crippen LogP contribution >= 0.6 is 0 Å². The van der Waals surface area contributed by atoms with Crippen LogP contribution in [-0.2, 0) is 27.3 Å². The van der Waals surface area contributed by atoms with Gasteiger partial charge in [0.1, 0.15) is 12.6 Å². The third kappa shape index (κ3) is 5.25. The Labute approximate surface area is 188 Å². The Balaban J connectivity index is 1.98. The van der Waals surface area contributed by atoms with Gasteiger partial charge in [-0.05, 0) is 48.6 Å². The first kappa shape index (κ1) is 23.2. The van der Waals surface area contributed by atoms with E-state index in [1.54, 1.807) is 14.2 Å². The first-order valence-corrected chi connectivity index (χ1v) is 10.7. The number of nitrogens with zero attached hydrogens (tertiary/aromatic N) is 1. The van der Waals surface area contributed by atoms with Crippen molar-refractivity contribution in [3.05, 3.63) is 47.5 Å². The number of hydrogen-bond donors (Lipinski definition) is 1. The maximum absolute atomic E-state index is 13.0. The minimum atomic E-state index is -0.824. The van der Waals surface area contributed by atoms with Crippen LogP contribution in [0.2, 0.25) is 0 Å². The highest BCUT2D eigenvalue weighted by atomic mass is 16.5. The van der Waals surface area contributed by atoms with Gasteiger partial charge in [-0.25, -0.2) is 9.59 Å². The van der Waals surface area contributed by atoms with Crippen molar-refractivity contribution < 1.29 is 28.5 Å². The highest BCUT2D eigenvalue weighted by Gasteiger charge is 2.35. The van der Waals surface area contributed by atoms with Crippen LogP contribution in [0.5, 0.6) is 11.5 Å². The molecule has 0 aromatic heterocycles. The van der Waals surface area contributed by atoms with Crippen molar-refractivity contribution in [2.45, 2.75) is 45.3 Å². The summed E-state index contributed by atoms with van der Waals surface area (Å²) >= 11 is 0. The lowest BCUT2D eigenvalue weighted by Gasteiger charge is -2.38. The van der Waals surface area contributed by atoms with E-state index in [4.69, 9.17) is 24.7 Å². The van der Waals surface area contributed by atoms with Gasteiger partial charge in [0, 0.05) is 17.4 Å². The van der Waals surface area contributed by atoms with Crippen LogP contribution in [0, 0.1) is 0 Å². The Morgan fingerprint density at radius 2 is 1.75 bits per heavy atom. The molecule has 2 aromatic carbocycles. The van der Waals surface area contributed by atoms with Gasteiger partial charge < -0.3 is 29.6 Å². The fourth-order valence-corrected chi connectivity index (χ4v) is 3.79. The molecule has 2 N–H and O–H groups in total. The summed E-state index contributed by atoms with van der Waals surface area (Å²) < 4.78 is 21.4. The number of carbonyl (C=O) groups excluding carboxylic acids is 2. The second-order valence-electron chi connectivity index (χ2n) is 7.56. The molecule has 0 aliphatic carbocycles. The molecule has 0 spiro atoms. The number of benzene rings is 2. The van der Waals surface area contributed by atoms with Gasteiger partial charge >= 0.3 is 12.1 Å². The molecule has 1 amide bonds. The molecule has 1 aliphatic heterocycles. The minimum absolute atomic E-state index is 0.0830. The zero-order valence-electron chi connectivity index (χ0n) is 18.8. The molecule has 1 unspecified atom stereocenters. The Hall–Kier alpha value is -3.42. The molecular formula is C24H30N2O6. The standard InChI is InChI=1S/C24H30N2O6/c1-4-5-12-31-23(27)19-11-8-17-13-21(29-2)22(30-3)14-20(17)26(19)18-9-6-16(7-10-18)15-32-24(25)28/h6-7,9-10,13-14,19H,4-5,8,11-12,15H2,1-3H3,(H2,25,28). The van der Waals surface area contributed by atoms with Gasteiger partial charge in [-0.15, -0.1) is 0 Å². The molecule has 0 radical (unpaired) electrons. The predicted molar refractivity (Wildman–Crippen MR) is 120 cm³/mol. The van der Waals surface area contributed by atoms with E-state index in [1.807, 2.05) is 41.3 Å². The number of anilines is 2. The Kier molecular flexibility index (Phi) is 7.81. The van der Waals surface area contributed by atoms with Gasteiger partial charge in [-0.2, -0.15) is 0 Å². The van der Waals surface area contributed by atoms with E-state index in [0.717, 1.165) is 35.3 Å². The number of esters is 1. The Bertz CT molecular complexity index is 944. The van der Waals surface area contributed by atoms with Crippen molar-refractivity contribution in [2.24, 2.45) is 5.73 Å². The molecule has 0 saturated heterocycles. The van der Waals surface area contributed by atoms with Crippen LogP contribution in [-0.4, -0.2) is 38.9 Å². The average Bonchev–Trinajstić information content (AvgIpc) is 2.81. The van der Waals surface area contributed by atoms with E-state index in [2.05, 4.69) is 6.92 Å². The first-order chi connectivity index (χ1) is 15.5. The molecule has 0 saturated carbocycles. The lowest BCUT2D eigenvalue weighted by atomic mass is 9.94. The predicted octanol–water partition coefficient (Wildman–Crippen LogP) is 4.10. The second kappa shape index (κ2) is 10.7. The summed E-state index contributed by atoms with van der Waals surface area (Å²) in [5.74, 6) is 0.983. The number of unbranched alkanes of at least 4 members (excludes halogenated alkanes) is 1. The minimum Gasteiger partial charge on any atom is -0.493 e. The highest BCUT2D eigenvalue weighted by molar-refractivity contribution is 5.86. The zero-order chi connectivity index (χ0) is 23.1. The fraction of sp³-hybridized carbons (Fsp3) is 0.417.